The number of rotatable bonds is 0. The van der Waals surface area contributed by atoms with Crippen LogP contribution in [0.1, 0.15) is 43.0 Å². The van der Waals surface area contributed by atoms with Crippen LogP contribution in [0.5, 0.6) is 0 Å². The summed E-state index contributed by atoms with van der Waals surface area (Å²) in [5, 5.41) is 6.71. The predicted octanol–water partition coefficient (Wildman–Crippen LogP) is 2.75. The van der Waals surface area contributed by atoms with E-state index < -0.39 is 0 Å². The van der Waals surface area contributed by atoms with Crippen LogP contribution in [-0.4, -0.2) is 11.6 Å². The van der Waals surface area contributed by atoms with Crippen LogP contribution in [0.25, 0.3) is 0 Å². The molecule has 17 heavy (non-hydrogen) atoms. The van der Waals surface area contributed by atoms with E-state index in [-0.39, 0.29) is 11.6 Å². The van der Waals surface area contributed by atoms with Gasteiger partial charge in [0.2, 0.25) is 0 Å². The maximum Gasteiger partial charge on any atom is 0.255 e. The molecule has 1 fully saturated rings. The summed E-state index contributed by atoms with van der Waals surface area (Å²) in [4.78, 5) is 12.1. The van der Waals surface area contributed by atoms with E-state index in [9.17, 15) is 4.79 Å². The van der Waals surface area contributed by atoms with Gasteiger partial charge in [-0.2, -0.15) is 0 Å². The molecule has 0 unspecified atom stereocenters. The number of para-hydroxylation sites is 1. The van der Waals surface area contributed by atoms with Crippen molar-refractivity contribution in [3.63, 3.8) is 0 Å². The average Bonchev–Trinajstić information content (AvgIpc) is 2.28. The van der Waals surface area contributed by atoms with Crippen molar-refractivity contribution in [1.29, 1.82) is 0 Å². The van der Waals surface area contributed by atoms with Gasteiger partial charge in [0.1, 0.15) is 5.66 Å². The van der Waals surface area contributed by atoms with Crippen LogP contribution in [0.2, 0.25) is 0 Å². The van der Waals surface area contributed by atoms with Crippen LogP contribution >= 0.6 is 0 Å². The molecule has 1 spiro atoms. The topological polar surface area (TPSA) is 41.1 Å². The third kappa shape index (κ3) is 1.79. The summed E-state index contributed by atoms with van der Waals surface area (Å²) in [7, 11) is 0. The molecule has 3 nitrogen and oxygen atoms in total. The lowest BCUT2D eigenvalue weighted by Gasteiger charge is -2.45. The van der Waals surface area contributed by atoms with Crippen molar-refractivity contribution < 1.29 is 4.79 Å². The van der Waals surface area contributed by atoms with E-state index in [0.717, 1.165) is 24.1 Å². The zero-order valence-corrected chi connectivity index (χ0v) is 10.1. The summed E-state index contributed by atoms with van der Waals surface area (Å²) in [6, 6.07) is 7.75. The second-order valence-corrected chi connectivity index (χ2v) is 5.41. The Hall–Kier alpha value is -1.51. The van der Waals surface area contributed by atoms with Gasteiger partial charge < -0.3 is 10.6 Å². The first-order valence-electron chi connectivity index (χ1n) is 6.38. The van der Waals surface area contributed by atoms with E-state index in [1.807, 2.05) is 24.3 Å². The molecule has 3 rings (SSSR count). The molecule has 1 saturated carbocycles. The van der Waals surface area contributed by atoms with E-state index in [2.05, 4.69) is 17.6 Å². The highest BCUT2D eigenvalue weighted by molar-refractivity contribution is 6.02. The van der Waals surface area contributed by atoms with Crippen molar-refractivity contribution in [2.75, 3.05) is 5.32 Å². The van der Waals surface area contributed by atoms with Gasteiger partial charge in [0.05, 0.1) is 5.56 Å². The quantitative estimate of drug-likeness (QED) is 0.719. The van der Waals surface area contributed by atoms with Crippen LogP contribution in [0, 0.1) is 5.92 Å². The van der Waals surface area contributed by atoms with E-state index >= 15 is 0 Å². The summed E-state index contributed by atoms with van der Waals surface area (Å²) in [5.41, 5.74) is 1.53. The molecule has 2 N–H and O–H groups in total. The molecule has 2 aliphatic rings. The van der Waals surface area contributed by atoms with Crippen molar-refractivity contribution in [2.24, 2.45) is 5.92 Å². The number of carbonyl (C=O) groups excluding carboxylic acids is 1. The molecule has 0 bridgehead atoms. The Morgan fingerprint density at radius 1 is 1.29 bits per heavy atom. The standard InChI is InChI=1S/C14H18N2O/c1-10-5-4-8-14(9-10)15-12-7-3-2-6-11(12)13(17)16-14/h2-3,6-7,10,15H,4-5,8-9H2,1H3,(H,16,17)/t10-,14+/m1/s1. The first-order chi connectivity index (χ1) is 8.19. The second-order valence-electron chi connectivity index (χ2n) is 5.41. The molecular weight excluding hydrogens is 212 g/mol. The Morgan fingerprint density at radius 2 is 2.12 bits per heavy atom. The van der Waals surface area contributed by atoms with E-state index in [4.69, 9.17) is 0 Å². The van der Waals surface area contributed by atoms with Crippen molar-refractivity contribution in [1.82, 2.24) is 5.32 Å². The SMILES string of the molecule is C[C@@H]1CCC[C@@]2(C1)NC(=O)c1ccccc1N2. The summed E-state index contributed by atoms with van der Waals surface area (Å²) >= 11 is 0. The third-order valence-electron chi connectivity index (χ3n) is 3.90. The fourth-order valence-corrected chi connectivity index (χ4v) is 3.14. The number of fused-ring (bicyclic) bond motifs is 1. The zero-order valence-electron chi connectivity index (χ0n) is 10.1. The van der Waals surface area contributed by atoms with Gasteiger partial charge in [0, 0.05) is 5.69 Å². The molecule has 90 valence electrons. The summed E-state index contributed by atoms with van der Waals surface area (Å²) in [6.45, 7) is 2.26. The van der Waals surface area contributed by atoms with Crippen molar-refractivity contribution >= 4 is 11.6 Å². The van der Waals surface area contributed by atoms with Crippen molar-refractivity contribution in [2.45, 2.75) is 38.3 Å². The maximum absolute atomic E-state index is 12.1. The number of hydrogen-bond acceptors (Lipinski definition) is 2. The fraction of sp³-hybridized carbons (Fsp3) is 0.500. The number of amides is 1. The van der Waals surface area contributed by atoms with Gasteiger partial charge in [-0.05, 0) is 37.3 Å². The van der Waals surface area contributed by atoms with Gasteiger partial charge in [-0.25, -0.2) is 0 Å². The van der Waals surface area contributed by atoms with E-state index in [1.165, 1.54) is 12.8 Å². The van der Waals surface area contributed by atoms with Crippen LogP contribution < -0.4 is 10.6 Å². The Balaban J connectivity index is 1.95. The molecule has 0 radical (unpaired) electrons. The normalized spacial score (nSPS) is 31.6. The van der Waals surface area contributed by atoms with Crippen molar-refractivity contribution in [3.8, 4) is 0 Å². The summed E-state index contributed by atoms with van der Waals surface area (Å²) in [5.74, 6) is 0.732. The molecular formula is C14H18N2O. The van der Waals surface area contributed by atoms with Gasteiger partial charge in [-0.15, -0.1) is 0 Å². The minimum absolute atomic E-state index is 0.0634. The van der Waals surface area contributed by atoms with Crippen LogP contribution in [0.15, 0.2) is 24.3 Å². The fourth-order valence-electron chi connectivity index (χ4n) is 3.14. The third-order valence-corrected chi connectivity index (χ3v) is 3.90. The number of hydrogen-bond donors (Lipinski definition) is 2. The van der Waals surface area contributed by atoms with Crippen LogP contribution in [0.4, 0.5) is 5.69 Å². The molecule has 1 amide bonds. The Labute approximate surface area is 102 Å². The van der Waals surface area contributed by atoms with Gasteiger partial charge in [0.25, 0.3) is 5.91 Å². The minimum atomic E-state index is -0.205. The molecule has 1 aliphatic heterocycles. The molecule has 1 aliphatic carbocycles. The first kappa shape index (κ1) is 10.6. The largest absolute Gasteiger partial charge is 0.362 e. The molecule has 2 atom stereocenters. The second kappa shape index (κ2) is 3.76. The van der Waals surface area contributed by atoms with Gasteiger partial charge >= 0.3 is 0 Å². The lowest BCUT2D eigenvalue weighted by atomic mass is 9.80. The lowest BCUT2D eigenvalue weighted by molar-refractivity contribution is 0.0858. The van der Waals surface area contributed by atoms with Gasteiger partial charge in [0.15, 0.2) is 0 Å². The number of carbonyl (C=O) groups is 1. The molecule has 1 heterocycles. The highest BCUT2D eigenvalue weighted by Gasteiger charge is 2.40. The Kier molecular flexibility index (Phi) is 2.35. The Bertz CT molecular complexity index is 457. The monoisotopic (exact) mass is 230 g/mol. The number of benzene rings is 1. The van der Waals surface area contributed by atoms with Gasteiger partial charge in [-0.3, -0.25) is 4.79 Å². The molecule has 1 aromatic carbocycles. The van der Waals surface area contributed by atoms with E-state index in [1.54, 1.807) is 0 Å². The lowest BCUT2D eigenvalue weighted by Crippen LogP contribution is -2.59. The molecule has 0 saturated heterocycles. The Morgan fingerprint density at radius 3 is 2.94 bits per heavy atom. The summed E-state index contributed by atoms with van der Waals surface area (Å²) in [6.07, 6.45) is 4.49. The van der Waals surface area contributed by atoms with E-state index in [0.29, 0.717) is 5.92 Å². The van der Waals surface area contributed by atoms with Crippen LogP contribution in [-0.2, 0) is 0 Å². The minimum Gasteiger partial charge on any atom is -0.362 e. The molecule has 3 heteroatoms. The highest BCUT2D eigenvalue weighted by atomic mass is 16.2. The van der Waals surface area contributed by atoms with Gasteiger partial charge in [-0.1, -0.05) is 25.5 Å². The number of anilines is 1. The summed E-state index contributed by atoms with van der Waals surface area (Å²) < 4.78 is 0. The number of nitrogens with one attached hydrogen (secondary N) is 2. The van der Waals surface area contributed by atoms with Crippen molar-refractivity contribution in [3.05, 3.63) is 29.8 Å². The predicted molar refractivity (Wildman–Crippen MR) is 67.9 cm³/mol. The average molecular weight is 230 g/mol. The molecule has 0 aromatic heterocycles. The smallest absolute Gasteiger partial charge is 0.255 e. The maximum atomic E-state index is 12.1. The first-order valence-corrected chi connectivity index (χ1v) is 6.38. The zero-order chi connectivity index (χ0) is 11.9. The molecule has 1 aromatic rings. The highest BCUT2D eigenvalue weighted by Crippen LogP contribution is 2.36. The van der Waals surface area contributed by atoms with Crippen LogP contribution in [0.3, 0.4) is 0 Å².